The first-order valence-corrected chi connectivity index (χ1v) is 5.23. The maximum absolute atomic E-state index is 12.6. The Morgan fingerprint density at radius 1 is 1.53 bits per heavy atom. The zero-order chi connectivity index (χ0) is 12.7. The van der Waals surface area contributed by atoms with Gasteiger partial charge in [-0.2, -0.15) is 5.26 Å². The zero-order valence-corrected chi connectivity index (χ0v) is 9.44. The number of nitriles is 1. The molecule has 0 fully saturated rings. The summed E-state index contributed by atoms with van der Waals surface area (Å²) in [6, 6.07) is 6.84. The number of hydrogen-bond donors (Lipinski definition) is 1. The molecule has 0 amide bonds. The van der Waals surface area contributed by atoms with E-state index in [2.05, 4.69) is 5.32 Å². The van der Waals surface area contributed by atoms with Crippen molar-refractivity contribution in [2.75, 3.05) is 11.9 Å². The summed E-state index contributed by atoms with van der Waals surface area (Å²) in [4.78, 5) is 11.2. The van der Waals surface area contributed by atoms with E-state index in [9.17, 15) is 9.18 Å². The van der Waals surface area contributed by atoms with Gasteiger partial charge in [0.2, 0.25) is 0 Å². The summed E-state index contributed by atoms with van der Waals surface area (Å²) in [5, 5.41) is 11.7. The molecule has 4 nitrogen and oxygen atoms in total. The molecule has 1 unspecified atom stereocenters. The zero-order valence-electron chi connectivity index (χ0n) is 9.44. The SMILES string of the molecule is CCOC(=O)CC(C#N)Nc1ccc(F)cc1. The van der Waals surface area contributed by atoms with Crippen LogP contribution in [0, 0.1) is 17.1 Å². The Labute approximate surface area is 99.0 Å². The molecule has 0 aromatic heterocycles. The molecule has 1 aromatic rings. The van der Waals surface area contributed by atoms with E-state index in [4.69, 9.17) is 10.00 Å². The molecule has 0 saturated carbocycles. The van der Waals surface area contributed by atoms with Gasteiger partial charge >= 0.3 is 5.97 Å². The number of rotatable bonds is 5. The number of hydrogen-bond acceptors (Lipinski definition) is 4. The number of anilines is 1. The first-order valence-electron chi connectivity index (χ1n) is 5.23. The van der Waals surface area contributed by atoms with Crippen molar-refractivity contribution in [3.63, 3.8) is 0 Å². The monoisotopic (exact) mass is 236 g/mol. The normalized spacial score (nSPS) is 11.4. The van der Waals surface area contributed by atoms with Crippen LogP contribution in [-0.4, -0.2) is 18.6 Å². The molecule has 0 aliphatic heterocycles. The number of carbonyl (C=O) groups excluding carboxylic acids is 1. The molecule has 0 saturated heterocycles. The smallest absolute Gasteiger partial charge is 0.308 e. The maximum Gasteiger partial charge on any atom is 0.308 e. The fourth-order valence-electron chi connectivity index (χ4n) is 1.26. The summed E-state index contributed by atoms with van der Waals surface area (Å²) >= 11 is 0. The van der Waals surface area contributed by atoms with Gasteiger partial charge in [0.15, 0.2) is 0 Å². The number of nitrogens with zero attached hydrogens (tertiary/aromatic N) is 1. The predicted octanol–water partition coefficient (Wildman–Crippen LogP) is 2.08. The van der Waals surface area contributed by atoms with Crippen LogP contribution in [0.15, 0.2) is 24.3 Å². The number of benzene rings is 1. The van der Waals surface area contributed by atoms with Gasteiger partial charge in [-0.05, 0) is 31.2 Å². The lowest BCUT2D eigenvalue weighted by Gasteiger charge is -2.11. The molecule has 5 heteroatoms. The standard InChI is InChI=1S/C12H13FN2O2/c1-2-17-12(16)7-11(8-14)15-10-5-3-9(13)4-6-10/h3-6,11,15H,2,7H2,1H3. The lowest BCUT2D eigenvalue weighted by Crippen LogP contribution is -2.22. The van der Waals surface area contributed by atoms with E-state index in [0.717, 1.165) is 0 Å². The van der Waals surface area contributed by atoms with E-state index in [1.54, 1.807) is 6.92 Å². The van der Waals surface area contributed by atoms with Crippen molar-refractivity contribution in [1.29, 1.82) is 5.26 Å². The number of carbonyl (C=O) groups is 1. The lowest BCUT2D eigenvalue weighted by atomic mass is 10.2. The van der Waals surface area contributed by atoms with E-state index >= 15 is 0 Å². The second-order valence-electron chi connectivity index (χ2n) is 3.34. The fraction of sp³-hybridized carbons (Fsp3) is 0.333. The van der Waals surface area contributed by atoms with Crippen LogP contribution in [0.3, 0.4) is 0 Å². The number of ether oxygens (including phenoxy) is 1. The van der Waals surface area contributed by atoms with Crippen molar-refractivity contribution in [2.45, 2.75) is 19.4 Å². The third-order valence-corrected chi connectivity index (χ3v) is 2.02. The summed E-state index contributed by atoms with van der Waals surface area (Å²) in [5.74, 6) is -0.789. The minimum atomic E-state index is -0.681. The van der Waals surface area contributed by atoms with Crippen molar-refractivity contribution in [3.05, 3.63) is 30.1 Å². The molecule has 1 rings (SSSR count). The number of esters is 1. The molecular weight excluding hydrogens is 223 g/mol. The Bertz CT molecular complexity index is 412. The summed E-state index contributed by atoms with van der Waals surface area (Å²) in [7, 11) is 0. The highest BCUT2D eigenvalue weighted by molar-refractivity contribution is 5.71. The van der Waals surface area contributed by atoms with E-state index in [1.807, 2.05) is 6.07 Å². The number of nitrogens with one attached hydrogen (secondary N) is 1. The molecule has 1 atom stereocenters. The molecule has 1 N–H and O–H groups in total. The van der Waals surface area contributed by atoms with Gasteiger partial charge in [0.1, 0.15) is 11.9 Å². The average molecular weight is 236 g/mol. The lowest BCUT2D eigenvalue weighted by molar-refractivity contribution is -0.143. The highest BCUT2D eigenvalue weighted by Gasteiger charge is 2.13. The molecule has 0 radical (unpaired) electrons. The Kier molecular flexibility index (Phi) is 4.95. The van der Waals surface area contributed by atoms with Crippen LogP contribution in [0.2, 0.25) is 0 Å². The minimum Gasteiger partial charge on any atom is -0.466 e. The second kappa shape index (κ2) is 6.48. The van der Waals surface area contributed by atoms with Crippen molar-refractivity contribution >= 4 is 11.7 Å². The van der Waals surface area contributed by atoms with E-state index < -0.39 is 12.0 Å². The first kappa shape index (κ1) is 13.0. The molecule has 0 spiro atoms. The number of halogens is 1. The topological polar surface area (TPSA) is 62.1 Å². The summed E-state index contributed by atoms with van der Waals surface area (Å²) in [6.07, 6.45) is -0.0400. The fourth-order valence-corrected chi connectivity index (χ4v) is 1.26. The van der Waals surface area contributed by atoms with Gasteiger partial charge in [0.25, 0.3) is 0 Å². The molecule has 0 heterocycles. The van der Waals surface area contributed by atoms with Gasteiger partial charge in [-0.25, -0.2) is 4.39 Å². The quantitative estimate of drug-likeness (QED) is 0.795. The highest BCUT2D eigenvalue weighted by atomic mass is 19.1. The Balaban J connectivity index is 2.55. The summed E-state index contributed by atoms with van der Waals surface area (Å²) in [5.41, 5.74) is 0.585. The van der Waals surface area contributed by atoms with Gasteiger partial charge in [-0.15, -0.1) is 0 Å². The summed E-state index contributed by atoms with van der Waals surface area (Å²) < 4.78 is 17.4. The van der Waals surface area contributed by atoms with Gasteiger partial charge in [0.05, 0.1) is 19.1 Å². The summed E-state index contributed by atoms with van der Waals surface area (Å²) in [6.45, 7) is 1.99. The molecular formula is C12H13FN2O2. The molecule has 1 aromatic carbocycles. The Morgan fingerprint density at radius 2 is 2.18 bits per heavy atom. The third kappa shape index (κ3) is 4.51. The van der Waals surface area contributed by atoms with Crippen LogP contribution in [0.1, 0.15) is 13.3 Å². The van der Waals surface area contributed by atoms with Crippen LogP contribution in [-0.2, 0) is 9.53 Å². The molecule has 0 aliphatic carbocycles. The second-order valence-corrected chi connectivity index (χ2v) is 3.34. The molecule has 0 aliphatic rings. The van der Waals surface area contributed by atoms with Gasteiger partial charge in [-0.1, -0.05) is 0 Å². The Morgan fingerprint density at radius 3 is 2.71 bits per heavy atom. The molecule has 17 heavy (non-hydrogen) atoms. The predicted molar refractivity (Wildman–Crippen MR) is 60.7 cm³/mol. The van der Waals surface area contributed by atoms with Gasteiger partial charge in [0, 0.05) is 5.69 Å². The minimum absolute atomic E-state index is 0.0400. The largest absolute Gasteiger partial charge is 0.466 e. The van der Waals surface area contributed by atoms with Crippen LogP contribution in [0.25, 0.3) is 0 Å². The maximum atomic E-state index is 12.6. The van der Waals surface area contributed by atoms with Crippen molar-refractivity contribution < 1.29 is 13.9 Å². The first-order chi connectivity index (χ1) is 8.15. The van der Waals surface area contributed by atoms with Gasteiger partial charge < -0.3 is 10.1 Å². The van der Waals surface area contributed by atoms with Crippen LogP contribution < -0.4 is 5.32 Å². The van der Waals surface area contributed by atoms with Crippen LogP contribution in [0.5, 0.6) is 0 Å². The van der Waals surface area contributed by atoms with E-state index in [1.165, 1.54) is 24.3 Å². The highest BCUT2D eigenvalue weighted by Crippen LogP contribution is 2.11. The van der Waals surface area contributed by atoms with Gasteiger partial charge in [-0.3, -0.25) is 4.79 Å². The average Bonchev–Trinajstić information content (AvgIpc) is 2.31. The Hall–Kier alpha value is -2.09. The third-order valence-electron chi connectivity index (χ3n) is 2.02. The van der Waals surface area contributed by atoms with E-state index in [-0.39, 0.29) is 18.8 Å². The molecule has 0 bridgehead atoms. The van der Waals surface area contributed by atoms with Crippen molar-refractivity contribution in [1.82, 2.24) is 0 Å². The van der Waals surface area contributed by atoms with Crippen molar-refractivity contribution in [2.24, 2.45) is 0 Å². The molecule has 90 valence electrons. The van der Waals surface area contributed by atoms with Crippen LogP contribution in [0.4, 0.5) is 10.1 Å². The van der Waals surface area contributed by atoms with Crippen molar-refractivity contribution in [3.8, 4) is 6.07 Å². The van der Waals surface area contributed by atoms with Crippen LogP contribution >= 0.6 is 0 Å². The van der Waals surface area contributed by atoms with E-state index in [0.29, 0.717) is 5.69 Å².